The van der Waals surface area contributed by atoms with E-state index in [2.05, 4.69) is 24.0 Å². The van der Waals surface area contributed by atoms with E-state index >= 15 is 0 Å². The summed E-state index contributed by atoms with van der Waals surface area (Å²) in [6, 6.07) is 10.2. The molecule has 1 unspecified atom stereocenters. The minimum absolute atomic E-state index is 0.322. The highest BCUT2D eigenvalue weighted by Crippen LogP contribution is 2.38. The molecule has 2 heteroatoms. The Morgan fingerprint density at radius 1 is 1.20 bits per heavy atom. The van der Waals surface area contributed by atoms with Gasteiger partial charge in [-0.3, -0.25) is 4.98 Å². The third kappa shape index (κ3) is 2.71. The minimum atomic E-state index is -0.322. The molecule has 0 bridgehead atoms. The highest BCUT2D eigenvalue weighted by molar-refractivity contribution is 5.79. The third-order valence-electron chi connectivity index (χ3n) is 4.88. The van der Waals surface area contributed by atoms with E-state index in [0.717, 1.165) is 35.2 Å². The van der Waals surface area contributed by atoms with Crippen molar-refractivity contribution >= 4 is 10.9 Å². The van der Waals surface area contributed by atoms with Crippen molar-refractivity contribution in [1.82, 2.24) is 4.98 Å². The molecule has 106 valence electrons. The molecule has 3 rings (SSSR count). The monoisotopic (exact) mass is 269 g/mol. The van der Waals surface area contributed by atoms with Crippen LogP contribution in [0.2, 0.25) is 0 Å². The number of aliphatic hydroxyl groups excluding tert-OH is 1. The molecule has 1 aromatic heterocycles. The van der Waals surface area contributed by atoms with E-state index in [1.807, 2.05) is 24.4 Å². The second-order valence-electron chi connectivity index (χ2n) is 6.09. The Balaban J connectivity index is 1.77. The lowest BCUT2D eigenvalue weighted by atomic mass is 9.77. The lowest BCUT2D eigenvalue weighted by Gasteiger charge is -2.31. The Bertz CT molecular complexity index is 572. The van der Waals surface area contributed by atoms with Gasteiger partial charge in [0.1, 0.15) is 0 Å². The fraction of sp³-hybridized carbons (Fsp3) is 0.500. The maximum Gasteiger partial charge on any atom is 0.0818 e. The van der Waals surface area contributed by atoms with Gasteiger partial charge < -0.3 is 5.11 Å². The molecule has 1 aliphatic rings. The van der Waals surface area contributed by atoms with Gasteiger partial charge in [-0.25, -0.2) is 0 Å². The minimum Gasteiger partial charge on any atom is -0.388 e. The maximum absolute atomic E-state index is 10.6. The van der Waals surface area contributed by atoms with Crippen LogP contribution in [-0.4, -0.2) is 10.1 Å². The molecule has 1 aliphatic carbocycles. The van der Waals surface area contributed by atoms with Crippen LogP contribution < -0.4 is 0 Å². The summed E-state index contributed by atoms with van der Waals surface area (Å²) in [6.45, 7) is 2.28. The number of rotatable bonds is 3. The van der Waals surface area contributed by atoms with E-state index in [4.69, 9.17) is 0 Å². The molecule has 2 nitrogen and oxygen atoms in total. The standard InChI is InChI=1S/C18H23NO/c1-2-13-5-7-14(8-6-13)18(20)16-9-10-17-15(12-16)4-3-11-19-17/h3-4,9-14,18,20H,2,5-8H2,1H3. The van der Waals surface area contributed by atoms with Gasteiger partial charge >= 0.3 is 0 Å². The largest absolute Gasteiger partial charge is 0.388 e. The van der Waals surface area contributed by atoms with Crippen LogP contribution in [-0.2, 0) is 0 Å². The van der Waals surface area contributed by atoms with Gasteiger partial charge in [0.05, 0.1) is 11.6 Å². The highest BCUT2D eigenvalue weighted by atomic mass is 16.3. The Hall–Kier alpha value is -1.41. The zero-order chi connectivity index (χ0) is 13.9. The lowest BCUT2D eigenvalue weighted by Crippen LogP contribution is -2.20. The summed E-state index contributed by atoms with van der Waals surface area (Å²) in [5, 5.41) is 11.8. The van der Waals surface area contributed by atoms with E-state index in [0.29, 0.717) is 5.92 Å². The lowest BCUT2D eigenvalue weighted by molar-refractivity contribution is 0.0730. The molecule has 0 aliphatic heterocycles. The van der Waals surface area contributed by atoms with Gasteiger partial charge in [0.15, 0.2) is 0 Å². The Morgan fingerprint density at radius 3 is 2.75 bits per heavy atom. The summed E-state index contributed by atoms with van der Waals surface area (Å²) < 4.78 is 0. The van der Waals surface area contributed by atoms with Crippen molar-refractivity contribution < 1.29 is 5.11 Å². The number of aliphatic hydroxyl groups is 1. The van der Waals surface area contributed by atoms with Crippen LogP contribution in [0, 0.1) is 11.8 Å². The van der Waals surface area contributed by atoms with Crippen molar-refractivity contribution in [3.05, 3.63) is 42.1 Å². The molecule has 0 amide bonds. The van der Waals surface area contributed by atoms with Crippen LogP contribution in [0.5, 0.6) is 0 Å². The van der Waals surface area contributed by atoms with Gasteiger partial charge in [0, 0.05) is 11.6 Å². The van der Waals surface area contributed by atoms with Gasteiger partial charge in [0.2, 0.25) is 0 Å². The van der Waals surface area contributed by atoms with E-state index in [1.54, 1.807) is 0 Å². The smallest absolute Gasteiger partial charge is 0.0818 e. The number of hydrogen-bond donors (Lipinski definition) is 1. The summed E-state index contributed by atoms with van der Waals surface area (Å²) in [5.74, 6) is 1.30. The van der Waals surface area contributed by atoms with Crippen molar-refractivity contribution in [3.63, 3.8) is 0 Å². The molecule has 0 saturated heterocycles. The summed E-state index contributed by atoms with van der Waals surface area (Å²) in [6.07, 6.45) is 7.63. The number of aromatic nitrogens is 1. The highest BCUT2D eigenvalue weighted by Gasteiger charge is 2.26. The fourth-order valence-electron chi connectivity index (χ4n) is 3.46. The van der Waals surface area contributed by atoms with Crippen LogP contribution in [0.15, 0.2) is 36.5 Å². The van der Waals surface area contributed by atoms with Crippen molar-refractivity contribution in [3.8, 4) is 0 Å². The van der Waals surface area contributed by atoms with E-state index in [1.165, 1.54) is 19.3 Å². The number of nitrogens with zero attached hydrogens (tertiary/aromatic N) is 1. The van der Waals surface area contributed by atoms with Crippen molar-refractivity contribution in [2.75, 3.05) is 0 Å². The molecule has 0 radical (unpaired) electrons. The molecule has 20 heavy (non-hydrogen) atoms. The van der Waals surface area contributed by atoms with Gasteiger partial charge in [-0.1, -0.05) is 38.3 Å². The third-order valence-corrected chi connectivity index (χ3v) is 4.88. The SMILES string of the molecule is CCC1CCC(C(O)c2ccc3ncccc3c2)CC1. The number of pyridine rings is 1. The Labute approximate surface area is 120 Å². The first-order valence-electron chi connectivity index (χ1n) is 7.80. The Kier molecular flexibility index (Phi) is 4.02. The van der Waals surface area contributed by atoms with Gasteiger partial charge in [-0.2, -0.15) is 0 Å². The second-order valence-corrected chi connectivity index (χ2v) is 6.09. The van der Waals surface area contributed by atoms with Crippen LogP contribution in [0.1, 0.15) is 50.7 Å². The van der Waals surface area contributed by atoms with Gasteiger partial charge in [0.25, 0.3) is 0 Å². The molecule has 1 atom stereocenters. The first-order valence-corrected chi connectivity index (χ1v) is 7.80. The molecule has 1 fully saturated rings. The molecule has 1 N–H and O–H groups in total. The quantitative estimate of drug-likeness (QED) is 0.891. The predicted molar refractivity (Wildman–Crippen MR) is 82.4 cm³/mol. The first-order chi connectivity index (χ1) is 9.78. The van der Waals surface area contributed by atoms with Gasteiger partial charge in [-0.05, 0) is 48.4 Å². The summed E-state index contributed by atoms with van der Waals surface area (Å²) >= 11 is 0. The van der Waals surface area contributed by atoms with Crippen LogP contribution in [0.4, 0.5) is 0 Å². The molecule has 1 aromatic carbocycles. The summed E-state index contributed by atoms with van der Waals surface area (Å²) in [5.41, 5.74) is 2.04. The van der Waals surface area contributed by atoms with Crippen LogP contribution in [0.25, 0.3) is 10.9 Å². The fourth-order valence-corrected chi connectivity index (χ4v) is 3.46. The molecule has 1 saturated carbocycles. The van der Waals surface area contributed by atoms with Crippen molar-refractivity contribution in [2.24, 2.45) is 11.8 Å². The summed E-state index contributed by atoms with van der Waals surface area (Å²) in [4.78, 5) is 4.33. The van der Waals surface area contributed by atoms with E-state index in [9.17, 15) is 5.11 Å². The normalized spacial score (nSPS) is 24.7. The van der Waals surface area contributed by atoms with Crippen LogP contribution >= 0.6 is 0 Å². The topological polar surface area (TPSA) is 33.1 Å². The number of benzene rings is 1. The van der Waals surface area contributed by atoms with Crippen LogP contribution in [0.3, 0.4) is 0 Å². The van der Waals surface area contributed by atoms with Crippen molar-refractivity contribution in [2.45, 2.75) is 45.1 Å². The summed E-state index contributed by atoms with van der Waals surface area (Å²) in [7, 11) is 0. The maximum atomic E-state index is 10.6. The molecule has 2 aromatic rings. The number of fused-ring (bicyclic) bond motifs is 1. The molecular formula is C18H23NO. The molecular weight excluding hydrogens is 246 g/mol. The average molecular weight is 269 g/mol. The zero-order valence-corrected chi connectivity index (χ0v) is 12.1. The molecule has 1 heterocycles. The Morgan fingerprint density at radius 2 is 2.00 bits per heavy atom. The van der Waals surface area contributed by atoms with E-state index in [-0.39, 0.29) is 6.10 Å². The predicted octanol–water partition coefficient (Wildman–Crippen LogP) is 4.48. The molecule has 0 spiro atoms. The van der Waals surface area contributed by atoms with Crippen molar-refractivity contribution in [1.29, 1.82) is 0 Å². The van der Waals surface area contributed by atoms with E-state index < -0.39 is 0 Å². The number of hydrogen-bond acceptors (Lipinski definition) is 2. The van der Waals surface area contributed by atoms with Gasteiger partial charge in [-0.15, -0.1) is 0 Å². The first kappa shape index (κ1) is 13.6. The zero-order valence-electron chi connectivity index (χ0n) is 12.1. The second kappa shape index (κ2) is 5.92. The average Bonchev–Trinajstić information content (AvgIpc) is 2.54.